The molecule has 0 spiro atoms. The summed E-state index contributed by atoms with van der Waals surface area (Å²) in [6, 6.07) is 1.86. The van der Waals surface area contributed by atoms with E-state index in [9.17, 15) is 0 Å². The van der Waals surface area contributed by atoms with Crippen molar-refractivity contribution in [1.82, 2.24) is 15.0 Å². The first-order valence-electron chi connectivity index (χ1n) is 5.45. The number of hydrogen-bond donors (Lipinski definition) is 2. The van der Waals surface area contributed by atoms with E-state index in [1.54, 1.807) is 11.3 Å². The summed E-state index contributed by atoms with van der Waals surface area (Å²) in [6.45, 7) is 4.05. The van der Waals surface area contributed by atoms with Crippen molar-refractivity contribution in [2.24, 2.45) is 5.84 Å². The highest BCUT2D eigenvalue weighted by Gasteiger charge is 2.06. The second-order valence-corrected chi connectivity index (χ2v) is 4.76. The molecule has 2 aromatic rings. The molecule has 0 amide bonds. The lowest BCUT2D eigenvalue weighted by atomic mass is 10.2. The summed E-state index contributed by atoms with van der Waals surface area (Å²) in [4.78, 5) is 13.2. The summed E-state index contributed by atoms with van der Waals surface area (Å²) in [6.07, 6.45) is 1.51. The Morgan fingerprint density at radius 1 is 1.29 bits per heavy atom. The smallest absolute Gasteiger partial charge is 0.143 e. The summed E-state index contributed by atoms with van der Waals surface area (Å²) in [5.41, 5.74) is 4.55. The summed E-state index contributed by atoms with van der Waals surface area (Å²) in [5, 5.41) is 3.09. The first-order valence-corrected chi connectivity index (χ1v) is 6.33. The zero-order chi connectivity index (χ0) is 12.3. The fraction of sp³-hybridized carbons (Fsp3) is 0.364. The molecule has 3 N–H and O–H groups in total. The van der Waals surface area contributed by atoms with E-state index in [-0.39, 0.29) is 0 Å². The second kappa shape index (κ2) is 5.20. The van der Waals surface area contributed by atoms with E-state index >= 15 is 0 Å². The number of hydrazine groups is 1. The van der Waals surface area contributed by atoms with Gasteiger partial charge in [-0.25, -0.2) is 20.8 Å². The van der Waals surface area contributed by atoms with E-state index in [1.165, 1.54) is 0 Å². The average Bonchev–Trinajstić information content (AvgIpc) is 2.74. The Morgan fingerprint density at radius 2 is 2.12 bits per heavy atom. The van der Waals surface area contributed by atoms with Crippen LogP contribution in [0.5, 0.6) is 0 Å². The maximum Gasteiger partial charge on any atom is 0.143 e. The van der Waals surface area contributed by atoms with Gasteiger partial charge in [0, 0.05) is 17.1 Å². The van der Waals surface area contributed by atoms with E-state index < -0.39 is 0 Å². The van der Waals surface area contributed by atoms with Crippen LogP contribution in [0.1, 0.15) is 29.1 Å². The number of nitrogens with zero attached hydrogens (tertiary/aromatic N) is 3. The van der Waals surface area contributed by atoms with Crippen LogP contribution in [-0.4, -0.2) is 15.0 Å². The Bertz CT molecular complexity index is 486. The number of hydrogen-bond acceptors (Lipinski definition) is 6. The normalized spacial score (nSPS) is 10.5. The number of thiazole rings is 1. The van der Waals surface area contributed by atoms with Crippen LogP contribution in [0.2, 0.25) is 0 Å². The standard InChI is InChI=1S/C11H15N5S/c1-3-8-4-11(16-12)15-10(14-8)5-9-6-17-7(2)13-9/h4,6H,3,5,12H2,1-2H3,(H,14,15,16). The van der Waals surface area contributed by atoms with E-state index in [0.29, 0.717) is 12.2 Å². The van der Waals surface area contributed by atoms with Crippen LogP contribution >= 0.6 is 11.3 Å². The first-order chi connectivity index (χ1) is 8.21. The highest BCUT2D eigenvalue weighted by atomic mass is 32.1. The van der Waals surface area contributed by atoms with Crippen molar-refractivity contribution in [3.63, 3.8) is 0 Å². The third-order valence-electron chi connectivity index (χ3n) is 2.34. The van der Waals surface area contributed by atoms with Crippen LogP contribution in [0, 0.1) is 6.92 Å². The molecular formula is C11H15N5S. The molecule has 5 nitrogen and oxygen atoms in total. The molecule has 0 bridgehead atoms. The van der Waals surface area contributed by atoms with Gasteiger partial charge in [0.05, 0.1) is 17.1 Å². The van der Waals surface area contributed by atoms with Gasteiger partial charge in [-0.1, -0.05) is 6.92 Å². The molecule has 0 aliphatic rings. The minimum absolute atomic E-state index is 0.646. The van der Waals surface area contributed by atoms with Crippen molar-refractivity contribution >= 4 is 17.2 Å². The van der Waals surface area contributed by atoms with Crippen molar-refractivity contribution in [3.8, 4) is 0 Å². The number of nitrogen functional groups attached to an aromatic ring is 1. The molecule has 0 fully saturated rings. The predicted octanol–water partition coefficient (Wildman–Crippen LogP) is 1.68. The molecular weight excluding hydrogens is 234 g/mol. The molecule has 0 radical (unpaired) electrons. The van der Waals surface area contributed by atoms with Crippen LogP contribution in [0.15, 0.2) is 11.4 Å². The molecule has 6 heteroatoms. The summed E-state index contributed by atoms with van der Waals surface area (Å²) in [7, 11) is 0. The molecule has 0 atom stereocenters. The lowest BCUT2D eigenvalue weighted by Crippen LogP contribution is -2.11. The minimum Gasteiger partial charge on any atom is -0.308 e. The molecule has 2 aromatic heterocycles. The molecule has 0 saturated heterocycles. The molecule has 0 saturated carbocycles. The van der Waals surface area contributed by atoms with Crippen LogP contribution in [0.4, 0.5) is 5.82 Å². The maximum absolute atomic E-state index is 5.39. The summed E-state index contributed by atoms with van der Waals surface area (Å²) >= 11 is 1.64. The molecule has 0 unspecified atom stereocenters. The van der Waals surface area contributed by atoms with E-state index in [1.807, 2.05) is 18.4 Å². The molecule has 0 aliphatic carbocycles. The fourth-order valence-electron chi connectivity index (χ4n) is 1.54. The van der Waals surface area contributed by atoms with Gasteiger partial charge < -0.3 is 5.43 Å². The Labute approximate surface area is 104 Å². The van der Waals surface area contributed by atoms with E-state index in [0.717, 1.165) is 28.6 Å². The highest BCUT2D eigenvalue weighted by molar-refractivity contribution is 7.09. The fourth-order valence-corrected chi connectivity index (χ4v) is 2.15. The second-order valence-electron chi connectivity index (χ2n) is 3.69. The lowest BCUT2D eigenvalue weighted by Gasteiger charge is -2.05. The van der Waals surface area contributed by atoms with Crippen LogP contribution in [-0.2, 0) is 12.8 Å². The number of rotatable bonds is 4. The maximum atomic E-state index is 5.39. The van der Waals surface area contributed by atoms with Crippen molar-refractivity contribution in [2.75, 3.05) is 5.43 Å². The molecule has 2 heterocycles. The molecule has 17 heavy (non-hydrogen) atoms. The number of aryl methyl sites for hydroxylation is 2. The number of nitrogens with two attached hydrogens (primary N) is 1. The monoisotopic (exact) mass is 249 g/mol. The van der Waals surface area contributed by atoms with E-state index in [4.69, 9.17) is 5.84 Å². The number of aromatic nitrogens is 3. The van der Waals surface area contributed by atoms with Crippen molar-refractivity contribution in [1.29, 1.82) is 0 Å². The Morgan fingerprint density at radius 3 is 2.71 bits per heavy atom. The van der Waals surface area contributed by atoms with Crippen molar-refractivity contribution in [3.05, 3.63) is 33.7 Å². The summed E-state index contributed by atoms with van der Waals surface area (Å²) < 4.78 is 0. The molecule has 0 aliphatic heterocycles. The average molecular weight is 249 g/mol. The highest BCUT2D eigenvalue weighted by Crippen LogP contribution is 2.13. The van der Waals surface area contributed by atoms with Gasteiger partial charge in [0.25, 0.3) is 0 Å². The van der Waals surface area contributed by atoms with Gasteiger partial charge in [-0.2, -0.15) is 0 Å². The Kier molecular flexibility index (Phi) is 3.65. The van der Waals surface area contributed by atoms with Crippen molar-refractivity contribution < 1.29 is 0 Å². The Hall–Kier alpha value is -1.53. The number of nitrogens with one attached hydrogen (secondary N) is 1. The van der Waals surface area contributed by atoms with E-state index in [2.05, 4.69) is 27.3 Å². The Balaban J connectivity index is 2.25. The first kappa shape index (κ1) is 11.9. The number of anilines is 1. The zero-order valence-electron chi connectivity index (χ0n) is 9.90. The van der Waals surface area contributed by atoms with Gasteiger partial charge in [-0.05, 0) is 13.3 Å². The van der Waals surface area contributed by atoms with Crippen LogP contribution < -0.4 is 11.3 Å². The van der Waals surface area contributed by atoms with Gasteiger partial charge in [0.1, 0.15) is 11.6 Å². The van der Waals surface area contributed by atoms with Gasteiger partial charge in [0.15, 0.2) is 0 Å². The van der Waals surface area contributed by atoms with Gasteiger partial charge in [0.2, 0.25) is 0 Å². The summed E-state index contributed by atoms with van der Waals surface area (Å²) in [5.74, 6) is 6.79. The molecule has 2 rings (SSSR count). The quantitative estimate of drug-likeness (QED) is 0.637. The lowest BCUT2D eigenvalue weighted by molar-refractivity contribution is 0.891. The van der Waals surface area contributed by atoms with Crippen LogP contribution in [0.3, 0.4) is 0 Å². The topological polar surface area (TPSA) is 76.7 Å². The molecule has 0 aromatic carbocycles. The SMILES string of the molecule is CCc1cc(NN)nc(Cc2csc(C)n2)n1. The zero-order valence-corrected chi connectivity index (χ0v) is 10.7. The molecule has 90 valence electrons. The van der Waals surface area contributed by atoms with Crippen molar-refractivity contribution in [2.45, 2.75) is 26.7 Å². The minimum atomic E-state index is 0.646. The predicted molar refractivity (Wildman–Crippen MR) is 68.9 cm³/mol. The largest absolute Gasteiger partial charge is 0.308 e. The van der Waals surface area contributed by atoms with Gasteiger partial charge in [-0.3, -0.25) is 0 Å². The van der Waals surface area contributed by atoms with Gasteiger partial charge in [-0.15, -0.1) is 11.3 Å². The van der Waals surface area contributed by atoms with Gasteiger partial charge >= 0.3 is 0 Å². The third kappa shape index (κ3) is 2.98. The third-order valence-corrected chi connectivity index (χ3v) is 3.16. The van der Waals surface area contributed by atoms with Crippen LogP contribution in [0.25, 0.3) is 0 Å².